The fraction of sp³-hybridized carbons (Fsp3) is 0.364. The number of carbonyl (C=O) groups is 3. The molecule has 2 heterocycles. The van der Waals surface area contributed by atoms with Crippen LogP contribution in [-0.2, 0) is 14.3 Å². The smallest absolute Gasteiger partial charge is 0.311 e. The van der Waals surface area contributed by atoms with Crippen LogP contribution in [0.5, 0.6) is 0 Å². The molecule has 8 heteroatoms. The van der Waals surface area contributed by atoms with Gasteiger partial charge >= 0.3 is 5.97 Å². The number of hydrazine groups is 1. The van der Waals surface area contributed by atoms with E-state index in [9.17, 15) is 14.4 Å². The van der Waals surface area contributed by atoms with E-state index in [4.69, 9.17) is 0 Å². The van der Waals surface area contributed by atoms with Crippen LogP contribution in [0.25, 0.3) is 0 Å². The van der Waals surface area contributed by atoms with Crippen molar-refractivity contribution in [3.05, 3.63) is 24.3 Å². The second-order valence-corrected chi connectivity index (χ2v) is 3.97. The van der Waals surface area contributed by atoms with Crippen molar-refractivity contribution in [3.8, 4) is 0 Å². The lowest BCUT2D eigenvalue weighted by atomic mass is 10.0. The Morgan fingerprint density at radius 2 is 2.26 bits per heavy atom. The molecule has 1 aliphatic heterocycles. The Balaban J connectivity index is 2.14. The Bertz CT molecular complexity index is 505. The van der Waals surface area contributed by atoms with Crippen molar-refractivity contribution in [3.63, 3.8) is 0 Å². The van der Waals surface area contributed by atoms with E-state index in [1.165, 1.54) is 25.7 Å². The number of rotatable bonds is 2. The number of ether oxygens (including phenoxy) is 1. The number of amides is 2. The largest absolute Gasteiger partial charge is 0.469 e. The van der Waals surface area contributed by atoms with Crippen LogP contribution in [0.3, 0.4) is 0 Å². The van der Waals surface area contributed by atoms with E-state index in [0.29, 0.717) is 0 Å². The Morgan fingerprint density at radius 1 is 1.47 bits per heavy atom. The van der Waals surface area contributed by atoms with Gasteiger partial charge in [0.1, 0.15) is 5.69 Å². The Kier molecular flexibility index (Phi) is 3.69. The summed E-state index contributed by atoms with van der Waals surface area (Å²) < 4.78 is 4.59. The summed E-state index contributed by atoms with van der Waals surface area (Å²) in [6.45, 7) is 0.0494. The van der Waals surface area contributed by atoms with Gasteiger partial charge in [0.25, 0.3) is 5.91 Å². The first-order valence-electron chi connectivity index (χ1n) is 5.57. The summed E-state index contributed by atoms with van der Waals surface area (Å²) in [6, 6.07) is 0. The second kappa shape index (κ2) is 5.42. The van der Waals surface area contributed by atoms with Gasteiger partial charge in [-0.15, -0.1) is 0 Å². The zero-order valence-corrected chi connectivity index (χ0v) is 10.2. The van der Waals surface area contributed by atoms with Crippen molar-refractivity contribution in [1.29, 1.82) is 0 Å². The van der Waals surface area contributed by atoms with Gasteiger partial charge in [0.2, 0.25) is 5.91 Å². The minimum atomic E-state index is -0.667. The third-order valence-electron chi connectivity index (χ3n) is 2.66. The van der Waals surface area contributed by atoms with E-state index in [1.807, 2.05) is 0 Å². The Morgan fingerprint density at radius 3 is 2.89 bits per heavy atom. The molecule has 100 valence electrons. The quantitative estimate of drug-likeness (QED) is 0.698. The van der Waals surface area contributed by atoms with E-state index < -0.39 is 23.7 Å². The molecule has 8 nitrogen and oxygen atoms in total. The molecule has 1 atom stereocenters. The molecular formula is C11H12N4O4. The number of methoxy groups -OCH3 is 1. The van der Waals surface area contributed by atoms with E-state index in [2.05, 4.69) is 20.1 Å². The zero-order chi connectivity index (χ0) is 13.8. The van der Waals surface area contributed by atoms with Crippen molar-refractivity contribution in [1.82, 2.24) is 20.4 Å². The van der Waals surface area contributed by atoms with Gasteiger partial charge in [-0.3, -0.25) is 24.8 Å². The van der Waals surface area contributed by atoms with Crippen molar-refractivity contribution in [2.75, 3.05) is 13.7 Å². The van der Waals surface area contributed by atoms with Crippen LogP contribution in [0, 0.1) is 5.92 Å². The molecule has 1 aliphatic rings. The maximum atomic E-state index is 12.1. The van der Waals surface area contributed by atoms with Crippen LogP contribution in [-0.4, -0.2) is 46.4 Å². The van der Waals surface area contributed by atoms with E-state index in [-0.39, 0.29) is 18.7 Å². The van der Waals surface area contributed by atoms with Gasteiger partial charge in [0.15, 0.2) is 0 Å². The van der Waals surface area contributed by atoms with Crippen molar-refractivity contribution >= 4 is 17.8 Å². The van der Waals surface area contributed by atoms with Crippen LogP contribution < -0.4 is 5.43 Å². The van der Waals surface area contributed by atoms with Crippen LogP contribution in [0.4, 0.5) is 0 Å². The maximum Gasteiger partial charge on any atom is 0.311 e. The first-order chi connectivity index (χ1) is 9.11. The maximum absolute atomic E-state index is 12.1. The highest BCUT2D eigenvalue weighted by Crippen LogP contribution is 2.14. The summed E-state index contributed by atoms with van der Waals surface area (Å²) in [5.74, 6) is -2.12. The zero-order valence-electron chi connectivity index (χ0n) is 10.2. The molecule has 2 amide bonds. The molecule has 1 fully saturated rings. The van der Waals surface area contributed by atoms with Crippen LogP contribution in [0.1, 0.15) is 16.9 Å². The third kappa shape index (κ3) is 2.84. The fourth-order valence-corrected chi connectivity index (χ4v) is 1.76. The molecule has 19 heavy (non-hydrogen) atoms. The molecule has 2 rings (SSSR count). The van der Waals surface area contributed by atoms with E-state index >= 15 is 0 Å². The molecule has 0 spiro atoms. The van der Waals surface area contributed by atoms with Gasteiger partial charge in [0, 0.05) is 18.8 Å². The number of nitrogens with zero attached hydrogens (tertiary/aromatic N) is 3. The average Bonchev–Trinajstić information content (AvgIpc) is 2.45. The molecule has 0 saturated carbocycles. The Hall–Kier alpha value is -2.51. The molecular weight excluding hydrogens is 252 g/mol. The van der Waals surface area contributed by atoms with E-state index in [1.54, 1.807) is 0 Å². The molecule has 0 bridgehead atoms. The summed E-state index contributed by atoms with van der Waals surface area (Å²) in [4.78, 5) is 42.6. The van der Waals surface area contributed by atoms with E-state index in [0.717, 1.165) is 5.01 Å². The minimum absolute atomic E-state index is 0.00305. The number of hydrogen-bond donors (Lipinski definition) is 1. The molecule has 1 unspecified atom stereocenters. The summed E-state index contributed by atoms with van der Waals surface area (Å²) >= 11 is 0. The molecule has 1 N–H and O–H groups in total. The highest BCUT2D eigenvalue weighted by atomic mass is 16.5. The number of esters is 1. The second-order valence-electron chi connectivity index (χ2n) is 3.97. The number of aromatic nitrogens is 2. The highest BCUT2D eigenvalue weighted by molar-refractivity contribution is 5.95. The first-order valence-corrected chi connectivity index (χ1v) is 5.57. The summed E-state index contributed by atoms with van der Waals surface area (Å²) in [5.41, 5.74) is 2.48. The lowest BCUT2D eigenvalue weighted by molar-refractivity contribution is -0.151. The highest BCUT2D eigenvalue weighted by Gasteiger charge is 2.34. The lowest BCUT2D eigenvalue weighted by Crippen LogP contribution is -2.54. The van der Waals surface area contributed by atoms with Gasteiger partial charge in [-0.05, 0) is 0 Å². The lowest BCUT2D eigenvalue weighted by Gasteiger charge is -2.30. The van der Waals surface area contributed by atoms with Gasteiger partial charge in [0.05, 0.1) is 25.8 Å². The number of hydrogen-bond acceptors (Lipinski definition) is 6. The predicted molar refractivity (Wildman–Crippen MR) is 61.3 cm³/mol. The first kappa shape index (κ1) is 12.9. The third-order valence-corrected chi connectivity index (χ3v) is 2.66. The summed E-state index contributed by atoms with van der Waals surface area (Å²) in [6.07, 6.45) is 4.09. The average molecular weight is 264 g/mol. The standard InChI is InChI=1S/C11H12N4O4/c1-19-11(18)7-4-9(16)14-15(6-7)10(17)8-5-12-2-3-13-8/h2-3,5,7H,4,6H2,1H3,(H,14,16). The van der Waals surface area contributed by atoms with Gasteiger partial charge < -0.3 is 4.74 Å². The molecule has 0 aliphatic carbocycles. The molecule has 1 aromatic rings. The molecule has 0 radical (unpaired) electrons. The molecule has 1 aromatic heterocycles. The number of carbonyl (C=O) groups excluding carboxylic acids is 3. The van der Waals surface area contributed by atoms with Gasteiger partial charge in [-0.1, -0.05) is 0 Å². The van der Waals surface area contributed by atoms with Crippen LogP contribution in [0.2, 0.25) is 0 Å². The van der Waals surface area contributed by atoms with Gasteiger partial charge in [-0.2, -0.15) is 0 Å². The fourth-order valence-electron chi connectivity index (χ4n) is 1.76. The SMILES string of the molecule is COC(=O)C1CC(=O)NN(C(=O)c2cnccn2)C1. The Labute approximate surface area is 108 Å². The topological polar surface area (TPSA) is 101 Å². The van der Waals surface area contributed by atoms with Crippen LogP contribution >= 0.6 is 0 Å². The van der Waals surface area contributed by atoms with Crippen molar-refractivity contribution in [2.24, 2.45) is 5.92 Å². The van der Waals surface area contributed by atoms with Crippen molar-refractivity contribution < 1.29 is 19.1 Å². The van der Waals surface area contributed by atoms with Crippen molar-refractivity contribution in [2.45, 2.75) is 6.42 Å². The monoisotopic (exact) mass is 264 g/mol. The molecule has 1 saturated heterocycles. The molecule has 0 aromatic carbocycles. The number of nitrogens with one attached hydrogen (secondary N) is 1. The predicted octanol–water partition coefficient (Wildman–Crippen LogP) is -0.857. The summed E-state index contributed by atoms with van der Waals surface area (Å²) in [5, 5.41) is 1.05. The van der Waals surface area contributed by atoms with Gasteiger partial charge in [-0.25, -0.2) is 9.99 Å². The normalized spacial score (nSPS) is 18.7. The summed E-state index contributed by atoms with van der Waals surface area (Å²) in [7, 11) is 1.24. The minimum Gasteiger partial charge on any atom is -0.469 e. The van der Waals surface area contributed by atoms with Crippen LogP contribution in [0.15, 0.2) is 18.6 Å².